The van der Waals surface area contributed by atoms with Crippen molar-refractivity contribution < 1.29 is 9.84 Å². The number of nitrogens with two attached hydrogens (primary N) is 1. The average molecular weight is 335 g/mol. The molecule has 0 atom stereocenters. The molecule has 0 aliphatic carbocycles. The molecule has 0 aliphatic heterocycles. The van der Waals surface area contributed by atoms with E-state index in [0.717, 1.165) is 22.4 Å². The van der Waals surface area contributed by atoms with Crippen molar-refractivity contribution in [3.8, 4) is 22.6 Å². The fraction of sp³-hybridized carbons (Fsp3) is 0.0500. The third-order valence-corrected chi connectivity index (χ3v) is 4.30. The van der Waals surface area contributed by atoms with Crippen LogP contribution in [0.5, 0.6) is 11.5 Å². The van der Waals surface area contributed by atoms with Crippen molar-refractivity contribution in [2.75, 3.05) is 12.8 Å². The molecule has 3 aromatic carbocycles. The van der Waals surface area contributed by atoms with Crippen LogP contribution in [0.3, 0.4) is 0 Å². The van der Waals surface area contributed by atoms with Gasteiger partial charge in [-0.2, -0.15) is 0 Å². The number of anilines is 1. The molecule has 0 saturated heterocycles. The van der Waals surface area contributed by atoms with Crippen LogP contribution in [0.4, 0.5) is 5.69 Å². The highest BCUT2D eigenvalue weighted by molar-refractivity contribution is 7.81. The van der Waals surface area contributed by atoms with Gasteiger partial charge in [-0.25, -0.2) is 0 Å². The number of rotatable bonds is 4. The standard InChI is InChI=1S/C20H17NO2S/c1-23-16-9-7-14(8-10-16)20(24)17-11-15(12-18(21)19(17)22)13-5-3-2-4-6-13/h2-12,22H,21H2,1H3. The summed E-state index contributed by atoms with van der Waals surface area (Å²) in [4.78, 5) is 0.541. The first-order valence-corrected chi connectivity index (χ1v) is 7.87. The van der Waals surface area contributed by atoms with E-state index in [9.17, 15) is 5.11 Å². The molecule has 0 heterocycles. The zero-order valence-electron chi connectivity index (χ0n) is 13.2. The number of aromatic hydroxyl groups is 1. The summed E-state index contributed by atoms with van der Waals surface area (Å²) in [5.41, 5.74) is 9.60. The normalized spacial score (nSPS) is 10.4. The van der Waals surface area contributed by atoms with Crippen molar-refractivity contribution >= 4 is 22.8 Å². The Morgan fingerprint density at radius 2 is 1.62 bits per heavy atom. The van der Waals surface area contributed by atoms with Gasteiger partial charge in [0.1, 0.15) is 11.5 Å². The second-order valence-electron chi connectivity index (χ2n) is 5.39. The molecule has 0 saturated carbocycles. The van der Waals surface area contributed by atoms with Crippen LogP contribution in [0.15, 0.2) is 66.7 Å². The monoisotopic (exact) mass is 335 g/mol. The summed E-state index contributed by atoms with van der Waals surface area (Å²) < 4.78 is 5.16. The summed E-state index contributed by atoms with van der Waals surface area (Å²) in [5, 5.41) is 10.4. The van der Waals surface area contributed by atoms with Gasteiger partial charge < -0.3 is 15.6 Å². The van der Waals surface area contributed by atoms with E-state index in [1.807, 2.05) is 60.7 Å². The molecule has 3 nitrogen and oxygen atoms in total. The van der Waals surface area contributed by atoms with Crippen LogP contribution in [0.25, 0.3) is 11.1 Å². The summed E-state index contributed by atoms with van der Waals surface area (Å²) in [6.07, 6.45) is 0. The highest BCUT2D eigenvalue weighted by Gasteiger charge is 2.14. The predicted octanol–water partition coefficient (Wildman–Crippen LogP) is 4.42. The fourth-order valence-electron chi connectivity index (χ4n) is 2.53. The van der Waals surface area contributed by atoms with Crippen LogP contribution < -0.4 is 10.5 Å². The summed E-state index contributed by atoms with van der Waals surface area (Å²) >= 11 is 5.57. The third-order valence-electron chi connectivity index (χ3n) is 3.84. The Labute approximate surface area is 146 Å². The molecule has 4 heteroatoms. The molecule has 0 unspecified atom stereocenters. The van der Waals surface area contributed by atoms with Crippen LogP contribution in [0, 0.1) is 0 Å². The van der Waals surface area contributed by atoms with Gasteiger partial charge in [0, 0.05) is 5.56 Å². The Hall–Kier alpha value is -2.85. The Morgan fingerprint density at radius 1 is 0.958 bits per heavy atom. The molecule has 0 aromatic heterocycles. The highest BCUT2D eigenvalue weighted by Crippen LogP contribution is 2.33. The van der Waals surface area contributed by atoms with E-state index >= 15 is 0 Å². The SMILES string of the molecule is COc1ccc(C(=S)c2cc(-c3ccccc3)cc(N)c2O)cc1. The highest BCUT2D eigenvalue weighted by atomic mass is 32.1. The van der Waals surface area contributed by atoms with Crippen LogP contribution in [-0.4, -0.2) is 17.1 Å². The van der Waals surface area contributed by atoms with E-state index in [0.29, 0.717) is 16.1 Å². The minimum Gasteiger partial charge on any atom is -0.505 e. The zero-order valence-corrected chi connectivity index (χ0v) is 14.0. The molecule has 0 fully saturated rings. The average Bonchev–Trinajstić information content (AvgIpc) is 2.64. The zero-order chi connectivity index (χ0) is 17.1. The number of nitrogen functional groups attached to an aromatic ring is 1. The molecule has 0 spiro atoms. The first kappa shape index (κ1) is 16.0. The number of hydrogen-bond donors (Lipinski definition) is 2. The Morgan fingerprint density at radius 3 is 2.25 bits per heavy atom. The van der Waals surface area contributed by atoms with E-state index in [-0.39, 0.29) is 5.75 Å². The third kappa shape index (κ3) is 3.09. The number of phenols is 1. The lowest BCUT2D eigenvalue weighted by atomic mass is 9.97. The van der Waals surface area contributed by atoms with Crippen molar-refractivity contribution in [1.82, 2.24) is 0 Å². The first-order valence-electron chi connectivity index (χ1n) is 7.47. The number of phenolic OH excluding ortho intramolecular Hbond substituents is 1. The van der Waals surface area contributed by atoms with Gasteiger partial charge in [0.2, 0.25) is 0 Å². The maximum absolute atomic E-state index is 10.4. The Kier molecular flexibility index (Phi) is 4.49. The molecule has 0 radical (unpaired) electrons. The van der Waals surface area contributed by atoms with Crippen LogP contribution in [-0.2, 0) is 0 Å². The van der Waals surface area contributed by atoms with E-state index in [1.165, 1.54) is 0 Å². The van der Waals surface area contributed by atoms with Crippen LogP contribution >= 0.6 is 12.2 Å². The van der Waals surface area contributed by atoms with Gasteiger partial charge in [0.15, 0.2) is 0 Å². The summed E-state index contributed by atoms with van der Waals surface area (Å²) in [7, 11) is 1.61. The summed E-state index contributed by atoms with van der Waals surface area (Å²) in [6.45, 7) is 0. The lowest BCUT2D eigenvalue weighted by Gasteiger charge is -2.12. The van der Waals surface area contributed by atoms with E-state index in [4.69, 9.17) is 22.7 Å². The van der Waals surface area contributed by atoms with Crippen LogP contribution in [0.1, 0.15) is 11.1 Å². The van der Waals surface area contributed by atoms with Gasteiger partial charge in [0.05, 0.1) is 17.7 Å². The number of thiocarbonyl (C=S) groups is 1. The molecule has 3 N–H and O–H groups in total. The number of ether oxygens (including phenoxy) is 1. The molecule has 120 valence electrons. The quantitative estimate of drug-likeness (QED) is 0.321. The fourth-order valence-corrected chi connectivity index (χ4v) is 2.82. The van der Waals surface area contributed by atoms with E-state index in [2.05, 4.69) is 0 Å². The maximum Gasteiger partial charge on any atom is 0.147 e. The van der Waals surface area contributed by atoms with Crippen LogP contribution in [0.2, 0.25) is 0 Å². The molecule has 3 aromatic rings. The minimum absolute atomic E-state index is 0.00972. The first-order chi connectivity index (χ1) is 11.6. The molecule has 0 aliphatic rings. The van der Waals surface area contributed by atoms with Crippen molar-refractivity contribution in [3.05, 3.63) is 77.9 Å². The van der Waals surface area contributed by atoms with Gasteiger partial charge >= 0.3 is 0 Å². The predicted molar refractivity (Wildman–Crippen MR) is 102 cm³/mol. The van der Waals surface area contributed by atoms with Crippen molar-refractivity contribution in [2.45, 2.75) is 0 Å². The molecular formula is C20H17NO2S. The molecule has 0 bridgehead atoms. The number of benzene rings is 3. The summed E-state index contributed by atoms with van der Waals surface area (Å²) in [6, 6.07) is 20.9. The molecule has 3 rings (SSSR count). The smallest absolute Gasteiger partial charge is 0.147 e. The maximum atomic E-state index is 10.4. The van der Waals surface area contributed by atoms with Gasteiger partial charge in [-0.1, -0.05) is 42.5 Å². The second-order valence-corrected chi connectivity index (χ2v) is 5.79. The molecule has 0 amide bonds. The van der Waals surface area contributed by atoms with Crippen molar-refractivity contribution in [2.24, 2.45) is 0 Å². The van der Waals surface area contributed by atoms with E-state index < -0.39 is 0 Å². The van der Waals surface area contributed by atoms with Gasteiger partial charge in [-0.3, -0.25) is 0 Å². The molecule has 24 heavy (non-hydrogen) atoms. The van der Waals surface area contributed by atoms with Crippen molar-refractivity contribution in [1.29, 1.82) is 0 Å². The number of hydrogen-bond acceptors (Lipinski definition) is 4. The number of methoxy groups -OCH3 is 1. The van der Waals surface area contributed by atoms with Gasteiger partial charge in [-0.15, -0.1) is 0 Å². The van der Waals surface area contributed by atoms with Gasteiger partial charge in [-0.05, 0) is 53.1 Å². The van der Waals surface area contributed by atoms with E-state index in [1.54, 1.807) is 13.2 Å². The molecular weight excluding hydrogens is 318 g/mol. The Bertz CT molecular complexity index is 874. The Balaban J connectivity index is 2.06. The topological polar surface area (TPSA) is 55.5 Å². The largest absolute Gasteiger partial charge is 0.505 e. The lowest BCUT2D eigenvalue weighted by molar-refractivity contribution is 0.415. The van der Waals surface area contributed by atoms with Gasteiger partial charge in [0.25, 0.3) is 0 Å². The van der Waals surface area contributed by atoms with Crippen molar-refractivity contribution in [3.63, 3.8) is 0 Å². The summed E-state index contributed by atoms with van der Waals surface area (Å²) in [5.74, 6) is 0.763. The second kappa shape index (κ2) is 6.72. The minimum atomic E-state index is 0.00972. The lowest BCUT2D eigenvalue weighted by Crippen LogP contribution is -2.03.